The van der Waals surface area contributed by atoms with Gasteiger partial charge in [0.1, 0.15) is 0 Å². The number of hydrogen-bond donors (Lipinski definition) is 1. The van der Waals surface area contributed by atoms with Gasteiger partial charge in [-0.3, -0.25) is 4.79 Å². The number of rotatable bonds is 2. The minimum absolute atomic E-state index is 0.00579. The number of halogens is 1. The van der Waals surface area contributed by atoms with Gasteiger partial charge in [0, 0.05) is 11.4 Å². The van der Waals surface area contributed by atoms with Crippen molar-refractivity contribution in [3.8, 4) is 0 Å². The molecule has 0 aromatic carbocycles. The van der Waals surface area contributed by atoms with E-state index < -0.39 is 0 Å². The summed E-state index contributed by atoms with van der Waals surface area (Å²) in [7, 11) is 0. The first kappa shape index (κ1) is 9.03. The molecule has 2 unspecified atom stereocenters. The van der Waals surface area contributed by atoms with Crippen LogP contribution in [0.1, 0.15) is 23.0 Å². The average molecular weight is 216 g/mol. The van der Waals surface area contributed by atoms with E-state index in [1.807, 2.05) is 0 Å². The SMILES string of the molecule is CC1CC1NC(=O)c1cc(Cl)cs1. The van der Waals surface area contributed by atoms with Crippen LogP contribution < -0.4 is 5.32 Å². The van der Waals surface area contributed by atoms with Crippen LogP contribution in [-0.4, -0.2) is 11.9 Å². The third-order valence-electron chi connectivity index (χ3n) is 2.22. The van der Waals surface area contributed by atoms with E-state index >= 15 is 0 Å². The van der Waals surface area contributed by atoms with Gasteiger partial charge in [-0.15, -0.1) is 11.3 Å². The molecule has 0 bridgehead atoms. The highest BCUT2D eigenvalue weighted by Crippen LogP contribution is 2.29. The van der Waals surface area contributed by atoms with Gasteiger partial charge in [0.15, 0.2) is 0 Å². The van der Waals surface area contributed by atoms with Crippen LogP contribution in [0.15, 0.2) is 11.4 Å². The van der Waals surface area contributed by atoms with E-state index in [-0.39, 0.29) is 5.91 Å². The Morgan fingerprint density at radius 3 is 2.92 bits per heavy atom. The lowest BCUT2D eigenvalue weighted by Gasteiger charge is -1.99. The lowest BCUT2D eigenvalue weighted by molar-refractivity contribution is 0.0953. The van der Waals surface area contributed by atoms with Crippen molar-refractivity contribution in [2.75, 3.05) is 0 Å². The summed E-state index contributed by atoms with van der Waals surface area (Å²) in [5.41, 5.74) is 0. The predicted molar refractivity (Wildman–Crippen MR) is 54.4 cm³/mol. The van der Waals surface area contributed by atoms with Crippen LogP contribution in [0, 0.1) is 5.92 Å². The normalized spacial score (nSPS) is 25.7. The summed E-state index contributed by atoms with van der Waals surface area (Å²) in [4.78, 5) is 12.2. The zero-order valence-electron chi connectivity index (χ0n) is 7.21. The van der Waals surface area contributed by atoms with Crippen LogP contribution in [0.4, 0.5) is 0 Å². The molecule has 2 nitrogen and oxygen atoms in total. The molecule has 1 N–H and O–H groups in total. The van der Waals surface area contributed by atoms with Crippen molar-refractivity contribution in [2.45, 2.75) is 19.4 Å². The van der Waals surface area contributed by atoms with Crippen LogP contribution in [0.5, 0.6) is 0 Å². The smallest absolute Gasteiger partial charge is 0.261 e. The Morgan fingerprint density at radius 1 is 1.77 bits per heavy atom. The standard InChI is InChI=1S/C9H10ClNOS/c1-5-2-7(5)11-9(12)8-3-6(10)4-13-8/h3-5,7H,2H2,1H3,(H,11,12). The molecular weight excluding hydrogens is 206 g/mol. The maximum Gasteiger partial charge on any atom is 0.261 e. The topological polar surface area (TPSA) is 29.1 Å². The molecule has 13 heavy (non-hydrogen) atoms. The van der Waals surface area contributed by atoms with E-state index in [0.717, 1.165) is 6.42 Å². The van der Waals surface area contributed by atoms with Crippen LogP contribution in [0.25, 0.3) is 0 Å². The van der Waals surface area contributed by atoms with Crippen LogP contribution in [0.3, 0.4) is 0 Å². The number of nitrogens with one attached hydrogen (secondary N) is 1. The number of carbonyl (C=O) groups is 1. The largest absolute Gasteiger partial charge is 0.348 e. The number of hydrogen-bond acceptors (Lipinski definition) is 2. The van der Waals surface area contributed by atoms with Crippen LogP contribution >= 0.6 is 22.9 Å². The summed E-state index contributed by atoms with van der Waals surface area (Å²) >= 11 is 7.10. The van der Waals surface area contributed by atoms with Gasteiger partial charge < -0.3 is 5.32 Å². The minimum Gasteiger partial charge on any atom is -0.348 e. The van der Waals surface area contributed by atoms with Crippen molar-refractivity contribution in [2.24, 2.45) is 5.92 Å². The zero-order valence-corrected chi connectivity index (χ0v) is 8.78. The Hall–Kier alpha value is -0.540. The van der Waals surface area contributed by atoms with Gasteiger partial charge in [-0.05, 0) is 18.4 Å². The van der Waals surface area contributed by atoms with Crippen molar-refractivity contribution in [3.63, 3.8) is 0 Å². The zero-order chi connectivity index (χ0) is 9.42. The first-order chi connectivity index (χ1) is 6.16. The van der Waals surface area contributed by atoms with Crippen molar-refractivity contribution in [1.29, 1.82) is 0 Å². The molecule has 2 rings (SSSR count). The van der Waals surface area contributed by atoms with Gasteiger partial charge in [-0.2, -0.15) is 0 Å². The van der Waals surface area contributed by atoms with Crippen molar-refractivity contribution >= 4 is 28.8 Å². The molecule has 1 aromatic heterocycles. The first-order valence-corrected chi connectivity index (χ1v) is 5.47. The summed E-state index contributed by atoms with van der Waals surface area (Å²) < 4.78 is 0. The molecule has 1 aliphatic carbocycles. The third kappa shape index (κ3) is 2.03. The van der Waals surface area contributed by atoms with Gasteiger partial charge in [-0.25, -0.2) is 0 Å². The molecule has 0 aliphatic heterocycles. The Bertz CT molecular complexity index is 336. The molecule has 1 heterocycles. The summed E-state index contributed by atoms with van der Waals surface area (Å²) in [5.74, 6) is 0.644. The summed E-state index contributed by atoms with van der Waals surface area (Å²) in [6.07, 6.45) is 1.10. The summed E-state index contributed by atoms with van der Waals surface area (Å²) in [5, 5.41) is 5.35. The van der Waals surface area contributed by atoms with Gasteiger partial charge in [0.25, 0.3) is 5.91 Å². The second kappa shape index (κ2) is 3.31. The van der Waals surface area contributed by atoms with Crippen LogP contribution in [-0.2, 0) is 0 Å². The van der Waals surface area contributed by atoms with E-state index in [4.69, 9.17) is 11.6 Å². The molecule has 70 valence electrons. The van der Waals surface area contributed by atoms with Gasteiger partial charge in [0.05, 0.1) is 9.90 Å². The number of thiophene rings is 1. The fourth-order valence-corrected chi connectivity index (χ4v) is 2.17. The third-order valence-corrected chi connectivity index (χ3v) is 3.49. The summed E-state index contributed by atoms with van der Waals surface area (Å²) in [6, 6.07) is 2.09. The average Bonchev–Trinajstić information content (AvgIpc) is 2.62. The molecule has 0 saturated heterocycles. The van der Waals surface area contributed by atoms with Crippen molar-refractivity contribution in [1.82, 2.24) is 5.32 Å². The second-order valence-electron chi connectivity index (χ2n) is 3.42. The van der Waals surface area contributed by atoms with E-state index in [0.29, 0.717) is 21.9 Å². The molecule has 4 heteroatoms. The van der Waals surface area contributed by atoms with Crippen LogP contribution in [0.2, 0.25) is 5.02 Å². The van der Waals surface area contributed by atoms with Gasteiger partial charge in [0.2, 0.25) is 0 Å². The quantitative estimate of drug-likeness (QED) is 0.807. The van der Waals surface area contributed by atoms with E-state index in [2.05, 4.69) is 12.2 Å². The predicted octanol–water partition coefficient (Wildman–Crippen LogP) is 2.54. The lowest BCUT2D eigenvalue weighted by atomic mass is 10.4. The van der Waals surface area contributed by atoms with Gasteiger partial charge >= 0.3 is 0 Å². The molecule has 0 radical (unpaired) electrons. The highest BCUT2D eigenvalue weighted by atomic mass is 35.5. The fraction of sp³-hybridized carbons (Fsp3) is 0.444. The van der Waals surface area contributed by atoms with Crippen molar-refractivity contribution in [3.05, 3.63) is 21.3 Å². The first-order valence-electron chi connectivity index (χ1n) is 4.21. The molecule has 1 saturated carbocycles. The summed E-state index contributed by atoms with van der Waals surface area (Å²) in [6.45, 7) is 2.13. The van der Waals surface area contributed by atoms with Crippen molar-refractivity contribution < 1.29 is 4.79 Å². The maximum atomic E-state index is 11.5. The highest BCUT2D eigenvalue weighted by molar-refractivity contribution is 7.12. The number of carbonyl (C=O) groups excluding carboxylic acids is 1. The maximum absolute atomic E-state index is 11.5. The van der Waals surface area contributed by atoms with E-state index in [1.165, 1.54) is 11.3 Å². The Morgan fingerprint density at radius 2 is 2.46 bits per heavy atom. The van der Waals surface area contributed by atoms with E-state index in [1.54, 1.807) is 11.4 Å². The molecule has 0 spiro atoms. The highest BCUT2D eigenvalue weighted by Gasteiger charge is 2.34. The molecule has 1 aromatic rings. The molecule has 1 aliphatic rings. The Kier molecular flexibility index (Phi) is 2.30. The molecular formula is C9H10ClNOS. The monoisotopic (exact) mass is 215 g/mol. The van der Waals surface area contributed by atoms with Gasteiger partial charge in [-0.1, -0.05) is 18.5 Å². The second-order valence-corrected chi connectivity index (χ2v) is 4.77. The molecule has 2 atom stereocenters. The minimum atomic E-state index is 0.00579. The van der Waals surface area contributed by atoms with E-state index in [9.17, 15) is 4.79 Å². The fourth-order valence-electron chi connectivity index (χ4n) is 1.19. The Balaban J connectivity index is 1.97. The Labute approximate surface area is 85.9 Å². The number of amides is 1. The molecule has 1 fully saturated rings. The lowest BCUT2D eigenvalue weighted by Crippen LogP contribution is -2.25. The molecule has 1 amide bonds.